The zero-order valence-corrected chi connectivity index (χ0v) is 17.0. The number of nitrogens with two attached hydrogens (primary N) is 2. The molecule has 1 unspecified atom stereocenters. The summed E-state index contributed by atoms with van der Waals surface area (Å²) >= 11 is 0. The fraction of sp³-hybridized carbons (Fsp3) is 0.476. The number of nitrogens with zero attached hydrogens (tertiary/aromatic N) is 4. The third-order valence-electron chi connectivity index (χ3n) is 5.73. The molecular formula is C21H29N7. The van der Waals surface area contributed by atoms with Gasteiger partial charge < -0.3 is 16.4 Å². The quantitative estimate of drug-likeness (QED) is 0.624. The van der Waals surface area contributed by atoms with Gasteiger partial charge in [-0.1, -0.05) is 33.8 Å². The van der Waals surface area contributed by atoms with E-state index in [0.717, 1.165) is 40.9 Å². The number of piperidine rings is 1. The molecule has 0 spiro atoms. The van der Waals surface area contributed by atoms with Crippen molar-refractivity contribution in [3.63, 3.8) is 0 Å². The van der Waals surface area contributed by atoms with Crippen LogP contribution in [0.1, 0.15) is 40.5 Å². The molecule has 5 N–H and O–H groups in total. The third kappa shape index (κ3) is 3.37. The van der Waals surface area contributed by atoms with Gasteiger partial charge in [0.25, 0.3) is 0 Å². The Balaban J connectivity index is 1.77. The molecule has 0 aliphatic carbocycles. The summed E-state index contributed by atoms with van der Waals surface area (Å²) in [5.74, 6) is 2.32. The first-order chi connectivity index (χ1) is 13.2. The molecule has 2 aromatic heterocycles. The first-order valence-electron chi connectivity index (χ1n) is 9.87. The van der Waals surface area contributed by atoms with E-state index in [1.165, 1.54) is 6.42 Å². The van der Waals surface area contributed by atoms with E-state index in [1.807, 2.05) is 24.3 Å². The van der Waals surface area contributed by atoms with Crippen LogP contribution in [0, 0.1) is 11.3 Å². The highest BCUT2D eigenvalue weighted by Crippen LogP contribution is 2.37. The molecule has 1 aliphatic rings. The van der Waals surface area contributed by atoms with Crippen LogP contribution in [-0.2, 0) is 0 Å². The average Bonchev–Trinajstić information content (AvgIpc) is 3.00. The first-order valence-corrected chi connectivity index (χ1v) is 9.87. The molecule has 3 aromatic rings. The number of hydrogen-bond acceptors (Lipinski definition) is 6. The van der Waals surface area contributed by atoms with Gasteiger partial charge in [0.1, 0.15) is 5.82 Å². The molecule has 0 amide bonds. The minimum atomic E-state index is 0.159. The fourth-order valence-corrected chi connectivity index (χ4v) is 4.25. The SMILES string of the molecule is C[C@@H]1CCC(C(C)(C)C)N(c2cc(-c3ccc4c(N)n[nH]c4c3)nc(N)n2)C1. The lowest BCUT2D eigenvalue weighted by molar-refractivity contribution is 0.235. The molecule has 2 atom stereocenters. The lowest BCUT2D eigenvalue weighted by atomic mass is 9.78. The lowest BCUT2D eigenvalue weighted by Crippen LogP contribution is -2.50. The van der Waals surface area contributed by atoms with Crippen molar-refractivity contribution in [2.75, 3.05) is 22.9 Å². The number of benzene rings is 1. The van der Waals surface area contributed by atoms with Crippen molar-refractivity contribution in [3.05, 3.63) is 24.3 Å². The Labute approximate surface area is 165 Å². The van der Waals surface area contributed by atoms with Crippen molar-refractivity contribution in [2.45, 2.75) is 46.6 Å². The molecular weight excluding hydrogens is 350 g/mol. The molecule has 0 saturated carbocycles. The van der Waals surface area contributed by atoms with Crippen LogP contribution < -0.4 is 16.4 Å². The lowest BCUT2D eigenvalue weighted by Gasteiger charge is -2.46. The summed E-state index contributed by atoms with van der Waals surface area (Å²) in [5, 5.41) is 7.94. The Bertz CT molecular complexity index is 1000. The second kappa shape index (κ2) is 6.65. The summed E-state index contributed by atoms with van der Waals surface area (Å²) in [5.41, 5.74) is 14.8. The topological polar surface area (TPSA) is 110 Å². The van der Waals surface area contributed by atoms with E-state index in [-0.39, 0.29) is 5.41 Å². The first kappa shape index (κ1) is 18.5. The maximum atomic E-state index is 6.12. The molecule has 4 rings (SSSR count). The van der Waals surface area contributed by atoms with Crippen LogP contribution in [0.25, 0.3) is 22.2 Å². The van der Waals surface area contributed by atoms with Crippen molar-refractivity contribution in [3.8, 4) is 11.3 Å². The largest absolute Gasteiger partial charge is 0.382 e. The molecule has 148 valence electrons. The van der Waals surface area contributed by atoms with Crippen LogP contribution in [0.2, 0.25) is 0 Å². The Morgan fingerprint density at radius 3 is 2.64 bits per heavy atom. The molecule has 1 saturated heterocycles. The molecule has 3 heterocycles. The zero-order chi connectivity index (χ0) is 20.1. The summed E-state index contributed by atoms with van der Waals surface area (Å²) < 4.78 is 0. The van der Waals surface area contributed by atoms with E-state index in [9.17, 15) is 0 Å². The second-order valence-corrected chi connectivity index (χ2v) is 9.06. The van der Waals surface area contributed by atoms with Gasteiger partial charge in [-0.25, -0.2) is 4.98 Å². The summed E-state index contributed by atoms with van der Waals surface area (Å²) in [6.07, 6.45) is 2.40. The smallest absolute Gasteiger partial charge is 0.222 e. The molecule has 1 fully saturated rings. The van der Waals surface area contributed by atoms with E-state index in [2.05, 4.69) is 52.8 Å². The Hall–Kier alpha value is -2.83. The molecule has 1 aromatic carbocycles. The third-order valence-corrected chi connectivity index (χ3v) is 5.73. The van der Waals surface area contributed by atoms with Gasteiger partial charge >= 0.3 is 0 Å². The zero-order valence-electron chi connectivity index (χ0n) is 17.0. The predicted molar refractivity (Wildman–Crippen MR) is 115 cm³/mol. The van der Waals surface area contributed by atoms with Crippen molar-refractivity contribution in [1.29, 1.82) is 0 Å². The van der Waals surface area contributed by atoms with Crippen LogP contribution in [0.15, 0.2) is 24.3 Å². The highest BCUT2D eigenvalue weighted by molar-refractivity contribution is 5.91. The summed E-state index contributed by atoms with van der Waals surface area (Å²) in [4.78, 5) is 11.5. The summed E-state index contributed by atoms with van der Waals surface area (Å²) in [6.45, 7) is 10.2. The number of nitrogen functional groups attached to an aromatic ring is 2. The van der Waals surface area contributed by atoms with Gasteiger partial charge in [0.2, 0.25) is 5.95 Å². The van der Waals surface area contributed by atoms with Crippen LogP contribution in [-0.4, -0.2) is 32.8 Å². The number of hydrogen-bond donors (Lipinski definition) is 3. The van der Waals surface area contributed by atoms with Crippen LogP contribution in [0.4, 0.5) is 17.6 Å². The number of rotatable bonds is 2. The average molecular weight is 380 g/mol. The predicted octanol–water partition coefficient (Wildman–Crippen LogP) is 3.84. The summed E-state index contributed by atoms with van der Waals surface area (Å²) in [7, 11) is 0. The van der Waals surface area contributed by atoms with Gasteiger partial charge in [0, 0.05) is 29.6 Å². The van der Waals surface area contributed by atoms with Gasteiger partial charge in [0.05, 0.1) is 11.2 Å². The van der Waals surface area contributed by atoms with Crippen molar-refractivity contribution in [1.82, 2.24) is 20.2 Å². The molecule has 7 nitrogen and oxygen atoms in total. The second-order valence-electron chi connectivity index (χ2n) is 9.06. The number of fused-ring (bicyclic) bond motifs is 1. The number of aromatic nitrogens is 4. The van der Waals surface area contributed by atoms with E-state index in [4.69, 9.17) is 11.5 Å². The van der Waals surface area contributed by atoms with Crippen LogP contribution >= 0.6 is 0 Å². The molecule has 1 aliphatic heterocycles. The Morgan fingerprint density at radius 2 is 1.89 bits per heavy atom. The molecule has 28 heavy (non-hydrogen) atoms. The number of H-pyrrole nitrogens is 1. The van der Waals surface area contributed by atoms with Crippen molar-refractivity contribution < 1.29 is 0 Å². The van der Waals surface area contributed by atoms with Crippen molar-refractivity contribution in [2.24, 2.45) is 11.3 Å². The van der Waals surface area contributed by atoms with Gasteiger partial charge in [-0.3, -0.25) is 5.10 Å². The maximum Gasteiger partial charge on any atom is 0.222 e. The standard InChI is InChI=1S/C21H29N7/c1-12-5-8-17(21(2,3)4)28(11-12)18-10-15(24-20(23)25-18)13-6-7-14-16(9-13)26-27-19(14)22/h6-7,9-10,12,17H,5,8,11H2,1-4H3,(H3,22,26,27)(H2,23,24,25)/t12-,17?/m1/s1. The number of aromatic amines is 1. The number of nitrogens with one attached hydrogen (secondary N) is 1. The minimum Gasteiger partial charge on any atom is -0.382 e. The highest BCUT2D eigenvalue weighted by atomic mass is 15.2. The highest BCUT2D eigenvalue weighted by Gasteiger charge is 2.35. The molecule has 0 radical (unpaired) electrons. The molecule has 7 heteroatoms. The monoisotopic (exact) mass is 379 g/mol. The molecule has 0 bridgehead atoms. The minimum absolute atomic E-state index is 0.159. The van der Waals surface area contributed by atoms with E-state index < -0.39 is 0 Å². The van der Waals surface area contributed by atoms with E-state index in [0.29, 0.717) is 23.7 Å². The van der Waals surface area contributed by atoms with Crippen LogP contribution in [0.5, 0.6) is 0 Å². The van der Waals surface area contributed by atoms with Gasteiger partial charge in [-0.15, -0.1) is 0 Å². The fourth-order valence-electron chi connectivity index (χ4n) is 4.25. The summed E-state index contributed by atoms with van der Waals surface area (Å²) in [6, 6.07) is 8.43. The van der Waals surface area contributed by atoms with Gasteiger partial charge in [0.15, 0.2) is 5.82 Å². The Morgan fingerprint density at radius 1 is 1.11 bits per heavy atom. The normalized spacial score (nSPS) is 20.6. The van der Waals surface area contributed by atoms with Crippen molar-refractivity contribution >= 4 is 28.5 Å². The Kier molecular flexibility index (Phi) is 4.40. The number of anilines is 3. The van der Waals surface area contributed by atoms with E-state index >= 15 is 0 Å². The van der Waals surface area contributed by atoms with Gasteiger partial charge in [-0.05, 0) is 36.3 Å². The maximum absolute atomic E-state index is 6.12. The van der Waals surface area contributed by atoms with Gasteiger partial charge in [-0.2, -0.15) is 10.1 Å². The van der Waals surface area contributed by atoms with E-state index in [1.54, 1.807) is 0 Å². The van der Waals surface area contributed by atoms with Crippen LogP contribution in [0.3, 0.4) is 0 Å².